The van der Waals surface area contributed by atoms with Gasteiger partial charge < -0.3 is 4.90 Å². The molecule has 0 N–H and O–H groups in total. The predicted octanol–water partition coefficient (Wildman–Crippen LogP) is 2.88. The molecule has 1 saturated heterocycles. The second-order valence-corrected chi connectivity index (χ2v) is 6.96. The van der Waals surface area contributed by atoms with Gasteiger partial charge in [-0.2, -0.15) is 28.2 Å². The van der Waals surface area contributed by atoms with Crippen LogP contribution in [0.4, 0.5) is 18.9 Å². The van der Waals surface area contributed by atoms with E-state index in [0.717, 1.165) is 17.8 Å². The minimum atomic E-state index is -4.55. The highest BCUT2D eigenvalue weighted by Gasteiger charge is 2.33. The molecule has 2 aromatic heterocycles. The molecule has 0 unspecified atom stereocenters. The second-order valence-electron chi connectivity index (χ2n) is 6.96. The lowest BCUT2D eigenvalue weighted by Gasteiger charge is -2.23. The van der Waals surface area contributed by atoms with Crippen LogP contribution in [0.1, 0.15) is 21.6 Å². The number of amides is 1. The van der Waals surface area contributed by atoms with Crippen LogP contribution in [0.3, 0.4) is 0 Å². The number of carbonyl (C=O) groups excluding carboxylic acids is 1. The Balaban J connectivity index is 1.54. The van der Waals surface area contributed by atoms with Crippen LogP contribution in [-0.4, -0.2) is 57.0 Å². The van der Waals surface area contributed by atoms with E-state index >= 15 is 0 Å². The van der Waals surface area contributed by atoms with E-state index in [1.165, 1.54) is 28.3 Å². The van der Waals surface area contributed by atoms with Gasteiger partial charge in [-0.05, 0) is 31.2 Å². The van der Waals surface area contributed by atoms with Gasteiger partial charge in [0, 0.05) is 19.3 Å². The zero-order valence-electron chi connectivity index (χ0n) is 16.6. The Morgan fingerprint density at radius 3 is 2.55 bits per heavy atom. The molecule has 3 heterocycles. The number of alkyl halides is 3. The van der Waals surface area contributed by atoms with E-state index in [-0.39, 0.29) is 37.8 Å². The van der Waals surface area contributed by atoms with Crippen LogP contribution < -0.4 is 5.06 Å². The average molecular weight is 432 g/mol. The maximum absolute atomic E-state index is 13.3. The third-order valence-corrected chi connectivity index (χ3v) is 4.81. The Kier molecular flexibility index (Phi) is 5.59. The van der Waals surface area contributed by atoms with E-state index in [2.05, 4.69) is 15.2 Å². The summed E-state index contributed by atoms with van der Waals surface area (Å²) in [6.45, 7) is 2.77. The fourth-order valence-electron chi connectivity index (χ4n) is 3.29. The molecule has 162 valence electrons. The molecule has 1 aliphatic heterocycles. The third-order valence-electron chi connectivity index (χ3n) is 4.81. The standard InChI is InChI=1S/C20H19F3N6O2/c1-14-2-3-17(29-25-6-7-26-29)16(12-14)19(30)27-8-9-28(31-11-10-27)15-4-5-24-18(13-15)20(21,22)23/h2-7,12-13H,8-11H2,1H3. The predicted molar refractivity (Wildman–Crippen MR) is 105 cm³/mol. The van der Waals surface area contributed by atoms with Gasteiger partial charge in [-0.1, -0.05) is 11.6 Å². The number of anilines is 1. The largest absolute Gasteiger partial charge is 0.433 e. The maximum atomic E-state index is 13.3. The molecular formula is C20H19F3N6O2. The molecule has 0 saturated carbocycles. The monoisotopic (exact) mass is 432 g/mol. The molecule has 11 heteroatoms. The van der Waals surface area contributed by atoms with Crippen molar-refractivity contribution in [3.63, 3.8) is 0 Å². The highest BCUT2D eigenvalue weighted by molar-refractivity contribution is 5.98. The Bertz CT molecular complexity index is 1070. The van der Waals surface area contributed by atoms with Crippen LogP contribution in [0.25, 0.3) is 5.69 Å². The van der Waals surface area contributed by atoms with Crippen molar-refractivity contribution in [3.8, 4) is 5.69 Å². The molecule has 3 aromatic rings. The molecule has 4 rings (SSSR count). The van der Waals surface area contributed by atoms with Crippen LogP contribution in [0.2, 0.25) is 0 Å². The number of aromatic nitrogens is 4. The third kappa shape index (κ3) is 4.50. The van der Waals surface area contributed by atoms with Crippen molar-refractivity contribution in [2.75, 3.05) is 31.3 Å². The summed E-state index contributed by atoms with van der Waals surface area (Å²) in [5.74, 6) is -0.229. The summed E-state index contributed by atoms with van der Waals surface area (Å²) in [6.07, 6.45) is -0.414. The fourth-order valence-corrected chi connectivity index (χ4v) is 3.29. The molecule has 8 nitrogen and oxygen atoms in total. The van der Waals surface area contributed by atoms with E-state index in [1.807, 2.05) is 13.0 Å². The number of halogens is 3. The van der Waals surface area contributed by atoms with Crippen LogP contribution in [0.5, 0.6) is 0 Å². The number of hydrogen-bond acceptors (Lipinski definition) is 6. The number of nitrogens with zero attached hydrogens (tertiary/aromatic N) is 6. The number of aryl methyl sites for hydroxylation is 1. The number of hydrogen-bond donors (Lipinski definition) is 0. The van der Waals surface area contributed by atoms with Crippen molar-refractivity contribution in [1.29, 1.82) is 0 Å². The van der Waals surface area contributed by atoms with Gasteiger partial charge in [0.1, 0.15) is 5.69 Å². The molecule has 1 amide bonds. The maximum Gasteiger partial charge on any atom is 0.433 e. The second kappa shape index (κ2) is 8.34. The van der Waals surface area contributed by atoms with Crippen molar-refractivity contribution in [1.82, 2.24) is 24.9 Å². The molecule has 0 bridgehead atoms. The van der Waals surface area contributed by atoms with Gasteiger partial charge in [-0.15, -0.1) is 0 Å². The van der Waals surface area contributed by atoms with E-state index in [0.29, 0.717) is 11.3 Å². The van der Waals surface area contributed by atoms with Crippen molar-refractivity contribution in [2.45, 2.75) is 13.1 Å². The van der Waals surface area contributed by atoms with Crippen LogP contribution in [0, 0.1) is 6.92 Å². The van der Waals surface area contributed by atoms with Crippen molar-refractivity contribution in [2.24, 2.45) is 0 Å². The lowest BCUT2D eigenvalue weighted by Crippen LogP contribution is -2.36. The Labute approximate surface area is 175 Å². The van der Waals surface area contributed by atoms with Crippen molar-refractivity contribution in [3.05, 3.63) is 65.7 Å². The van der Waals surface area contributed by atoms with Crippen molar-refractivity contribution >= 4 is 11.6 Å². The van der Waals surface area contributed by atoms with Crippen molar-refractivity contribution < 1.29 is 22.8 Å². The van der Waals surface area contributed by atoms with Gasteiger partial charge in [0.25, 0.3) is 5.91 Å². The molecule has 0 atom stereocenters. The lowest BCUT2D eigenvalue weighted by atomic mass is 10.1. The Hall–Kier alpha value is -3.47. The number of pyridine rings is 1. The van der Waals surface area contributed by atoms with Gasteiger partial charge in [0.2, 0.25) is 0 Å². The average Bonchev–Trinajstić information content (AvgIpc) is 3.17. The zero-order valence-corrected chi connectivity index (χ0v) is 16.6. The van der Waals surface area contributed by atoms with E-state index in [1.54, 1.807) is 17.0 Å². The number of benzene rings is 1. The molecule has 0 aliphatic carbocycles. The minimum absolute atomic E-state index is 0.135. The molecule has 1 fully saturated rings. The molecule has 0 spiro atoms. The van der Waals surface area contributed by atoms with Crippen LogP contribution >= 0.6 is 0 Å². The number of rotatable bonds is 3. The molecule has 0 radical (unpaired) electrons. The molecule has 1 aliphatic rings. The van der Waals surface area contributed by atoms with E-state index in [9.17, 15) is 18.0 Å². The number of carbonyl (C=O) groups is 1. The van der Waals surface area contributed by atoms with Gasteiger partial charge in [0.15, 0.2) is 0 Å². The topological polar surface area (TPSA) is 76.4 Å². The highest BCUT2D eigenvalue weighted by Crippen LogP contribution is 2.30. The fraction of sp³-hybridized carbons (Fsp3) is 0.300. The van der Waals surface area contributed by atoms with Crippen LogP contribution in [-0.2, 0) is 11.0 Å². The Morgan fingerprint density at radius 2 is 1.81 bits per heavy atom. The normalized spacial score (nSPS) is 15.1. The van der Waals surface area contributed by atoms with Gasteiger partial charge >= 0.3 is 6.18 Å². The van der Waals surface area contributed by atoms with Gasteiger partial charge in [-0.3, -0.25) is 19.7 Å². The van der Waals surface area contributed by atoms with Gasteiger partial charge in [-0.25, -0.2) is 0 Å². The molecule has 1 aromatic carbocycles. The molecule has 31 heavy (non-hydrogen) atoms. The first-order valence-electron chi connectivity index (χ1n) is 9.53. The first-order valence-corrected chi connectivity index (χ1v) is 9.53. The number of hydroxylamine groups is 1. The summed E-state index contributed by atoms with van der Waals surface area (Å²) < 4.78 is 38.9. The first-order chi connectivity index (χ1) is 14.8. The van der Waals surface area contributed by atoms with Gasteiger partial charge in [0.05, 0.1) is 42.5 Å². The summed E-state index contributed by atoms with van der Waals surface area (Å²) in [6, 6.07) is 7.78. The lowest BCUT2D eigenvalue weighted by molar-refractivity contribution is -0.141. The summed E-state index contributed by atoms with van der Waals surface area (Å²) >= 11 is 0. The first kappa shape index (κ1) is 20.8. The SMILES string of the molecule is Cc1ccc(-n2nccn2)c(C(=O)N2CCON(c3ccnc(C(F)(F)F)c3)CC2)c1. The van der Waals surface area contributed by atoms with E-state index in [4.69, 9.17) is 4.84 Å². The highest BCUT2D eigenvalue weighted by atomic mass is 19.4. The summed E-state index contributed by atoms with van der Waals surface area (Å²) in [5.41, 5.74) is 1.12. The van der Waals surface area contributed by atoms with Crippen LogP contribution in [0.15, 0.2) is 48.9 Å². The smallest absolute Gasteiger partial charge is 0.334 e. The zero-order chi connectivity index (χ0) is 22.0. The Morgan fingerprint density at radius 1 is 1.03 bits per heavy atom. The van der Waals surface area contributed by atoms with E-state index < -0.39 is 11.9 Å². The summed E-state index contributed by atoms with van der Waals surface area (Å²) in [4.78, 5) is 25.2. The summed E-state index contributed by atoms with van der Waals surface area (Å²) in [5, 5.41) is 9.57. The minimum Gasteiger partial charge on any atom is -0.334 e. The quantitative estimate of drug-likeness (QED) is 0.634. The molecular weight excluding hydrogens is 413 g/mol. The summed E-state index contributed by atoms with van der Waals surface area (Å²) in [7, 11) is 0.